The monoisotopic (exact) mass is 415 g/mol. The van der Waals surface area contributed by atoms with Gasteiger partial charge < -0.3 is 19.8 Å². The average Bonchev–Trinajstić information content (AvgIpc) is 2.66. The van der Waals surface area contributed by atoms with Crippen molar-refractivity contribution < 1.29 is 14.4 Å². The molecule has 2 aromatic rings. The second kappa shape index (κ2) is 6.64. The molecule has 2 heterocycles. The van der Waals surface area contributed by atoms with Gasteiger partial charge in [0.05, 0.1) is 28.5 Å². The van der Waals surface area contributed by atoms with Crippen LogP contribution >= 0.6 is 15.9 Å². The highest BCUT2D eigenvalue weighted by Gasteiger charge is 2.37. The van der Waals surface area contributed by atoms with E-state index in [0.29, 0.717) is 5.56 Å². The molecular formula is C19H18BrN3O3. The molecule has 1 unspecified atom stereocenters. The minimum absolute atomic E-state index is 0.0892. The van der Waals surface area contributed by atoms with Crippen LogP contribution in [0.5, 0.6) is 5.75 Å². The fourth-order valence-corrected chi connectivity index (χ4v) is 4.16. The Balaban J connectivity index is 1.83. The summed E-state index contributed by atoms with van der Waals surface area (Å²) >= 11 is 3.53. The number of para-hydroxylation sites is 1. The minimum Gasteiger partial charge on any atom is -0.496 e. The van der Waals surface area contributed by atoms with Crippen molar-refractivity contribution in [3.05, 3.63) is 57.6 Å². The lowest BCUT2D eigenvalue weighted by Crippen LogP contribution is -2.49. The SMILES string of the molecule is CO/N=C1/CCN2c3c(cccc31)C(=O)NC2c1ccc(OC)c(Br)c1. The predicted octanol–water partition coefficient (Wildman–Crippen LogP) is 3.46. The Labute approximate surface area is 159 Å². The normalized spacial score (nSPS) is 19.8. The van der Waals surface area contributed by atoms with Gasteiger partial charge in [0, 0.05) is 18.5 Å². The van der Waals surface area contributed by atoms with Crippen molar-refractivity contribution >= 4 is 33.2 Å². The van der Waals surface area contributed by atoms with Crippen LogP contribution in [0.25, 0.3) is 0 Å². The molecule has 0 spiro atoms. The molecule has 1 N–H and O–H groups in total. The van der Waals surface area contributed by atoms with Crippen LogP contribution in [-0.2, 0) is 4.84 Å². The number of carbonyl (C=O) groups is 1. The third-order valence-corrected chi connectivity index (χ3v) is 5.36. The van der Waals surface area contributed by atoms with Crippen molar-refractivity contribution in [2.45, 2.75) is 12.6 Å². The summed E-state index contributed by atoms with van der Waals surface area (Å²) in [5, 5.41) is 7.27. The molecule has 2 aliphatic heterocycles. The number of oxime groups is 1. The first kappa shape index (κ1) is 16.9. The fourth-order valence-electron chi connectivity index (χ4n) is 3.60. The molecule has 134 valence electrons. The first-order valence-corrected chi connectivity index (χ1v) is 9.07. The molecule has 0 aliphatic carbocycles. The number of nitrogens with zero attached hydrogens (tertiary/aromatic N) is 2. The number of anilines is 1. The Morgan fingerprint density at radius 1 is 1.23 bits per heavy atom. The molecule has 26 heavy (non-hydrogen) atoms. The summed E-state index contributed by atoms with van der Waals surface area (Å²) in [4.78, 5) is 19.9. The van der Waals surface area contributed by atoms with Crippen molar-refractivity contribution in [3.8, 4) is 5.75 Å². The number of carbonyl (C=O) groups excluding carboxylic acids is 1. The van der Waals surface area contributed by atoms with Crippen LogP contribution < -0.4 is 15.0 Å². The van der Waals surface area contributed by atoms with E-state index >= 15 is 0 Å². The predicted molar refractivity (Wildman–Crippen MR) is 103 cm³/mol. The van der Waals surface area contributed by atoms with Gasteiger partial charge >= 0.3 is 0 Å². The number of ether oxygens (including phenoxy) is 1. The van der Waals surface area contributed by atoms with Gasteiger partial charge in [0.15, 0.2) is 0 Å². The summed E-state index contributed by atoms with van der Waals surface area (Å²) in [5.41, 5.74) is 4.37. The van der Waals surface area contributed by atoms with E-state index in [1.165, 1.54) is 0 Å². The van der Waals surface area contributed by atoms with Gasteiger partial charge in [-0.15, -0.1) is 0 Å². The molecule has 2 aliphatic rings. The zero-order chi connectivity index (χ0) is 18.3. The van der Waals surface area contributed by atoms with Crippen molar-refractivity contribution in [3.63, 3.8) is 0 Å². The maximum atomic E-state index is 12.7. The van der Waals surface area contributed by atoms with Crippen molar-refractivity contribution in [1.29, 1.82) is 0 Å². The quantitative estimate of drug-likeness (QED) is 0.779. The number of benzene rings is 2. The smallest absolute Gasteiger partial charge is 0.255 e. The molecule has 4 rings (SSSR count). The standard InChI is InChI=1S/C19H18BrN3O3/c1-25-16-7-6-11(10-14(16)20)18-21-19(24)13-5-3-4-12-15(22-26-2)8-9-23(18)17(12)13/h3-7,10,18H,8-9H2,1-2H3,(H,21,24)/b22-15-. The third-order valence-electron chi connectivity index (χ3n) is 4.74. The minimum atomic E-state index is -0.248. The maximum absolute atomic E-state index is 12.7. The summed E-state index contributed by atoms with van der Waals surface area (Å²) in [6, 6.07) is 11.6. The largest absolute Gasteiger partial charge is 0.496 e. The van der Waals surface area contributed by atoms with Crippen LogP contribution in [0.1, 0.15) is 34.1 Å². The van der Waals surface area contributed by atoms with Crippen LogP contribution in [0.3, 0.4) is 0 Å². The van der Waals surface area contributed by atoms with Gasteiger partial charge in [-0.3, -0.25) is 4.79 Å². The molecule has 1 atom stereocenters. The zero-order valence-corrected chi connectivity index (χ0v) is 16.0. The first-order chi connectivity index (χ1) is 12.6. The Kier molecular flexibility index (Phi) is 4.32. The molecule has 2 aromatic carbocycles. The highest BCUT2D eigenvalue weighted by molar-refractivity contribution is 9.10. The Hall–Kier alpha value is -2.54. The fraction of sp³-hybridized carbons (Fsp3) is 0.263. The number of amides is 1. The molecule has 0 aromatic heterocycles. The van der Waals surface area contributed by atoms with E-state index in [1.807, 2.05) is 36.4 Å². The number of hydrogen-bond donors (Lipinski definition) is 1. The van der Waals surface area contributed by atoms with Crippen molar-refractivity contribution in [1.82, 2.24) is 5.32 Å². The van der Waals surface area contributed by atoms with Gasteiger partial charge in [0.25, 0.3) is 5.91 Å². The number of hydrogen-bond acceptors (Lipinski definition) is 5. The molecule has 1 amide bonds. The number of halogens is 1. The van der Waals surface area contributed by atoms with E-state index < -0.39 is 0 Å². The van der Waals surface area contributed by atoms with E-state index in [0.717, 1.165) is 45.7 Å². The van der Waals surface area contributed by atoms with Crippen molar-refractivity contribution in [2.24, 2.45) is 5.16 Å². The Morgan fingerprint density at radius 3 is 2.77 bits per heavy atom. The number of methoxy groups -OCH3 is 1. The van der Waals surface area contributed by atoms with E-state index in [-0.39, 0.29) is 12.1 Å². The summed E-state index contributed by atoms with van der Waals surface area (Å²) in [7, 11) is 3.17. The van der Waals surface area contributed by atoms with E-state index in [4.69, 9.17) is 9.57 Å². The van der Waals surface area contributed by atoms with Gasteiger partial charge in [-0.2, -0.15) is 0 Å². The highest BCUT2D eigenvalue weighted by atomic mass is 79.9. The average molecular weight is 416 g/mol. The number of rotatable bonds is 3. The van der Waals surface area contributed by atoms with Crippen LogP contribution in [-0.4, -0.2) is 32.4 Å². The van der Waals surface area contributed by atoms with Gasteiger partial charge in [-0.1, -0.05) is 23.4 Å². The molecule has 6 nitrogen and oxygen atoms in total. The molecule has 0 fully saturated rings. The summed E-state index contributed by atoms with van der Waals surface area (Å²) < 4.78 is 6.16. The van der Waals surface area contributed by atoms with Gasteiger partial charge in [0.2, 0.25) is 0 Å². The summed E-state index contributed by atoms with van der Waals surface area (Å²) in [5.74, 6) is 0.666. The molecule has 0 saturated heterocycles. The maximum Gasteiger partial charge on any atom is 0.255 e. The zero-order valence-electron chi connectivity index (χ0n) is 14.5. The van der Waals surface area contributed by atoms with E-state index in [2.05, 4.69) is 31.3 Å². The topological polar surface area (TPSA) is 63.2 Å². The summed E-state index contributed by atoms with van der Waals surface area (Å²) in [6.07, 6.45) is 0.496. The lowest BCUT2D eigenvalue weighted by molar-refractivity contribution is 0.0926. The molecule has 0 bridgehead atoms. The molecule has 7 heteroatoms. The lowest BCUT2D eigenvalue weighted by atomic mass is 9.92. The van der Waals surface area contributed by atoms with Gasteiger partial charge in [-0.05, 0) is 39.7 Å². The molecule has 0 saturated carbocycles. The summed E-state index contributed by atoms with van der Waals surface area (Å²) in [6.45, 7) is 0.737. The highest BCUT2D eigenvalue weighted by Crippen LogP contribution is 2.40. The van der Waals surface area contributed by atoms with E-state index in [9.17, 15) is 4.79 Å². The van der Waals surface area contributed by atoms with Crippen LogP contribution in [0.15, 0.2) is 46.0 Å². The third kappa shape index (κ3) is 2.63. The van der Waals surface area contributed by atoms with Crippen LogP contribution in [0, 0.1) is 0 Å². The van der Waals surface area contributed by atoms with E-state index in [1.54, 1.807) is 14.2 Å². The Morgan fingerprint density at radius 2 is 2.04 bits per heavy atom. The molecular weight excluding hydrogens is 398 g/mol. The number of nitrogens with one attached hydrogen (secondary N) is 1. The second-order valence-corrected chi connectivity index (χ2v) is 6.99. The molecule has 0 radical (unpaired) electrons. The van der Waals surface area contributed by atoms with Crippen molar-refractivity contribution in [2.75, 3.05) is 25.7 Å². The van der Waals surface area contributed by atoms with Gasteiger partial charge in [-0.25, -0.2) is 0 Å². The lowest BCUT2D eigenvalue weighted by Gasteiger charge is -2.43. The van der Waals surface area contributed by atoms with Crippen LogP contribution in [0.2, 0.25) is 0 Å². The first-order valence-electron chi connectivity index (χ1n) is 8.28. The second-order valence-electron chi connectivity index (χ2n) is 6.14. The Bertz CT molecular complexity index is 913. The van der Waals surface area contributed by atoms with Gasteiger partial charge in [0.1, 0.15) is 19.0 Å². The van der Waals surface area contributed by atoms with Crippen LogP contribution in [0.4, 0.5) is 5.69 Å².